The molecule has 0 unspecified atom stereocenters. The van der Waals surface area contributed by atoms with Gasteiger partial charge in [-0.15, -0.1) is 0 Å². The highest BCUT2D eigenvalue weighted by atomic mass is 19.1. The molecule has 1 aromatic carbocycles. The summed E-state index contributed by atoms with van der Waals surface area (Å²) in [6, 6.07) is 6.33. The Morgan fingerprint density at radius 2 is 2.04 bits per heavy atom. The molecular weight excluding hydrogens is 299 g/mol. The van der Waals surface area contributed by atoms with Gasteiger partial charge in [-0.2, -0.15) is 4.98 Å². The molecule has 2 atom stereocenters. The molecule has 3 rings (SSSR count). The molecule has 6 nitrogen and oxygen atoms in total. The van der Waals surface area contributed by atoms with Gasteiger partial charge in [-0.1, -0.05) is 23.4 Å². The molecule has 120 valence electrons. The standard InChI is InChI=1S/C16H17FN4O2/c1-9-13-15(18-8-19-16(13)23-21-9)20-10(2)14(22-3)11-6-4-5-7-12(11)17/h4-8,10,14H,1-3H3,(H,18,19,20)/t10-,14+/m0/s1. The first kappa shape index (κ1) is 15.4. The summed E-state index contributed by atoms with van der Waals surface area (Å²) in [5.74, 6) is 0.279. The molecule has 7 heteroatoms. The number of fused-ring (bicyclic) bond motifs is 1. The fourth-order valence-corrected chi connectivity index (χ4v) is 2.63. The van der Waals surface area contributed by atoms with E-state index >= 15 is 0 Å². The Kier molecular flexibility index (Phi) is 4.20. The van der Waals surface area contributed by atoms with E-state index < -0.39 is 6.10 Å². The van der Waals surface area contributed by atoms with Crippen LogP contribution in [0.5, 0.6) is 0 Å². The van der Waals surface area contributed by atoms with E-state index in [1.165, 1.54) is 12.4 Å². The molecule has 23 heavy (non-hydrogen) atoms. The third-order valence-corrected chi connectivity index (χ3v) is 3.73. The fourth-order valence-electron chi connectivity index (χ4n) is 2.63. The molecule has 2 aromatic heterocycles. The minimum absolute atomic E-state index is 0.232. The van der Waals surface area contributed by atoms with Crippen LogP contribution >= 0.6 is 0 Å². The van der Waals surface area contributed by atoms with Gasteiger partial charge in [0.15, 0.2) is 0 Å². The number of hydrogen-bond acceptors (Lipinski definition) is 6. The average Bonchev–Trinajstić information content (AvgIpc) is 2.92. The van der Waals surface area contributed by atoms with Gasteiger partial charge in [-0.05, 0) is 19.9 Å². The summed E-state index contributed by atoms with van der Waals surface area (Å²) < 4.78 is 24.7. The number of ether oxygens (including phenoxy) is 1. The summed E-state index contributed by atoms with van der Waals surface area (Å²) in [6.07, 6.45) is 0.925. The predicted molar refractivity (Wildman–Crippen MR) is 83.6 cm³/mol. The third-order valence-electron chi connectivity index (χ3n) is 3.73. The summed E-state index contributed by atoms with van der Waals surface area (Å²) in [4.78, 5) is 8.28. The number of halogens is 1. The van der Waals surface area contributed by atoms with E-state index in [0.717, 1.165) is 0 Å². The largest absolute Gasteiger partial charge is 0.375 e. The molecule has 1 N–H and O–H groups in total. The molecule has 0 saturated carbocycles. The van der Waals surface area contributed by atoms with Gasteiger partial charge in [0.1, 0.15) is 29.5 Å². The molecule has 0 spiro atoms. The zero-order valence-corrected chi connectivity index (χ0v) is 13.1. The van der Waals surface area contributed by atoms with Gasteiger partial charge in [0.25, 0.3) is 5.71 Å². The minimum atomic E-state index is -0.471. The maximum absolute atomic E-state index is 14.0. The summed E-state index contributed by atoms with van der Waals surface area (Å²) in [6.45, 7) is 3.72. The van der Waals surface area contributed by atoms with Gasteiger partial charge in [-0.3, -0.25) is 0 Å². The second kappa shape index (κ2) is 6.29. The highest BCUT2D eigenvalue weighted by Crippen LogP contribution is 2.28. The van der Waals surface area contributed by atoms with Crippen molar-refractivity contribution in [3.8, 4) is 0 Å². The molecule has 0 aliphatic heterocycles. The van der Waals surface area contributed by atoms with Crippen LogP contribution in [0.4, 0.5) is 10.2 Å². The molecule has 0 aliphatic carbocycles. The van der Waals surface area contributed by atoms with Crippen molar-refractivity contribution in [2.24, 2.45) is 0 Å². The molecule has 2 heterocycles. The van der Waals surface area contributed by atoms with Gasteiger partial charge in [-0.25, -0.2) is 9.37 Å². The highest BCUT2D eigenvalue weighted by molar-refractivity contribution is 5.87. The van der Waals surface area contributed by atoms with E-state index in [9.17, 15) is 4.39 Å². The zero-order valence-electron chi connectivity index (χ0n) is 13.1. The summed E-state index contributed by atoms with van der Waals surface area (Å²) in [5, 5.41) is 7.85. The van der Waals surface area contributed by atoms with E-state index in [1.807, 2.05) is 13.8 Å². The Balaban J connectivity index is 1.91. The Morgan fingerprint density at radius 3 is 2.78 bits per heavy atom. The van der Waals surface area contributed by atoms with Crippen molar-refractivity contribution in [1.29, 1.82) is 0 Å². The van der Waals surface area contributed by atoms with E-state index in [-0.39, 0.29) is 11.9 Å². The second-order valence-electron chi connectivity index (χ2n) is 5.28. The lowest BCUT2D eigenvalue weighted by molar-refractivity contribution is 0.0876. The van der Waals surface area contributed by atoms with Crippen LogP contribution in [0.3, 0.4) is 0 Å². The first-order valence-electron chi connectivity index (χ1n) is 7.22. The minimum Gasteiger partial charge on any atom is -0.375 e. The van der Waals surface area contributed by atoms with Crippen molar-refractivity contribution < 1.29 is 13.7 Å². The van der Waals surface area contributed by atoms with Gasteiger partial charge in [0, 0.05) is 12.7 Å². The molecule has 3 aromatic rings. The molecule has 0 saturated heterocycles. The van der Waals surface area contributed by atoms with Gasteiger partial charge < -0.3 is 14.6 Å². The quantitative estimate of drug-likeness (QED) is 0.779. The number of nitrogens with zero attached hydrogens (tertiary/aromatic N) is 3. The van der Waals surface area contributed by atoms with Crippen molar-refractivity contribution in [2.75, 3.05) is 12.4 Å². The molecule has 0 amide bonds. The maximum atomic E-state index is 14.0. The van der Waals surface area contributed by atoms with Crippen LogP contribution in [-0.4, -0.2) is 28.3 Å². The summed E-state index contributed by atoms with van der Waals surface area (Å²) in [7, 11) is 1.55. The monoisotopic (exact) mass is 316 g/mol. The predicted octanol–water partition coefficient (Wildman–Crippen LogP) is 3.25. The number of benzene rings is 1. The number of aryl methyl sites for hydroxylation is 1. The first-order chi connectivity index (χ1) is 11.1. The zero-order chi connectivity index (χ0) is 16.4. The molecule has 0 bridgehead atoms. The normalized spacial score (nSPS) is 13.9. The first-order valence-corrected chi connectivity index (χ1v) is 7.22. The van der Waals surface area contributed by atoms with Crippen molar-refractivity contribution >= 4 is 16.9 Å². The van der Waals surface area contributed by atoms with Gasteiger partial charge in [0.2, 0.25) is 0 Å². The van der Waals surface area contributed by atoms with Crippen molar-refractivity contribution in [3.63, 3.8) is 0 Å². The van der Waals surface area contributed by atoms with Crippen LogP contribution in [0.25, 0.3) is 11.1 Å². The Hall–Kier alpha value is -2.54. The topological polar surface area (TPSA) is 73.1 Å². The number of rotatable bonds is 5. The second-order valence-corrected chi connectivity index (χ2v) is 5.28. The highest BCUT2D eigenvalue weighted by Gasteiger charge is 2.23. The number of methoxy groups -OCH3 is 1. The SMILES string of the molecule is CO[C@@H](c1ccccc1F)[C@H](C)Nc1ncnc2onc(C)c12. The van der Waals surface area contributed by atoms with E-state index in [2.05, 4.69) is 20.4 Å². The molecule has 0 aliphatic rings. The van der Waals surface area contributed by atoms with Crippen molar-refractivity contribution in [2.45, 2.75) is 26.0 Å². The van der Waals surface area contributed by atoms with Crippen LogP contribution in [0.15, 0.2) is 35.1 Å². The maximum Gasteiger partial charge on any atom is 0.263 e. The Bertz CT molecular complexity index is 821. The van der Waals surface area contributed by atoms with Crippen molar-refractivity contribution in [3.05, 3.63) is 47.7 Å². The molecular formula is C16H17FN4O2. The van der Waals surface area contributed by atoms with Crippen LogP contribution in [-0.2, 0) is 4.74 Å². The average molecular weight is 316 g/mol. The van der Waals surface area contributed by atoms with Gasteiger partial charge in [0.05, 0.1) is 11.7 Å². The smallest absolute Gasteiger partial charge is 0.263 e. The fraction of sp³-hybridized carbons (Fsp3) is 0.312. The van der Waals surface area contributed by atoms with Crippen molar-refractivity contribution in [1.82, 2.24) is 15.1 Å². The molecule has 0 fully saturated rings. The number of anilines is 1. The lowest BCUT2D eigenvalue weighted by Crippen LogP contribution is -2.27. The van der Waals surface area contributed by atoms with Crippen LogP contribution in [0, 0.1) is 12.7 Å². The lowest BCUT2D eigenvalue weighted by Gasteiger charge is -2.25. The number of nitrogens with one attached hydrogen (secondary N) is 1. The van der Waals surface area contributed by atoms with Crippen LogP contribution < -0.4 is 5.32 Å². The van der Waals surface area contributed by atoms with Crippen LogP contribution in [0.2, 0.25) is 0 Å². The lowest BCUT2D eigenvalue weighted by atomic mass is 10.0. The number of aromatic nitrogens is 3. The van der Waals surface area contributed by atoms with Gasteiger partial charge >= 0.3 is 0 Å². The van der Waals surface area contributed by atoms with Crippen LogP contribution in [0.1, 0.15) is 24.3 Å². The number of hydrogen-bond donors (Lipinski definition) is 1. The summed E-state index contributed by atoms with van der Waals surface area (Å²) >= 11 is 0. The Morgan fingerprint density at radius 1 is 1.26 bits per heavy atom. The van der Waals surface area contributed by atoms with E-state index in [4.69, 9.17) is 9.26 Å². The Labute approximate surface area is 132 Å². The van der Waals surface area contributed by atoms with E-state index in [0.29, 0.717) is 28.2 Å². The third kappa shape index (κ3) is 2.87. The molecule has 0 radical (unpaired) electrons. The van der Waals surface area contributed by atoms with E-state index in [1.54, 1.807) is 25.3 Å². The summed E-state index contributed by atoms with van der Waals surface area (Å²) in [5.41, 5.74) is 1.59.